The average molecular weight is 498 g/mol. The minimum atomic E-state index is -1.64. The van der Waals surface area contributed by atoms with Crippen LogP contribution in [0.15, 0.2) is 35.4 Å². The van der Waals surface area contributed by atoms with Crippen LogP contribution in [0.4, 0.5) is 13.2 Å². The molecular formula is C24H30F3N3O5. The minimum Gasteiger partial charge on any atom is -0.503 e. The topological polar surface area (TPSA) is 99.2 Å². The first kappa shape index (κ1) is 28.1. The van der Waals surface area contributed by atoms with Gasteiger partial charge < -0.3 is 20.1 Å². The number of rotatable bonds is 13. The van der Waals surface area contributed by atoms with Crippen molar-refractivity contribution in [3.05, 3.63) is 58.4 Å². The van der Waals surface area contributed by atoms with Gasteiger partial charge in [-0.15, -0.1) is 0 Å². The molecule has 0 heterocycles. The largest absolute Gasteiger partial charge is 0.503 e. The van der Waals surface area contributed by atoms with Crippen LogP contribution in [0.2, 0.25) is 0 Å². The molecule has 0 saturated heterocycles. The van der Waals surface area contributed by atoms with E-state index in [4.69, 9.17) is 4.74 Å². The van der Waals surface area contributed by atoms with Gasteiger partial charge in [-0.2, -0.15) is 0 Å². The number of hydrogen-bond acceptors (Lipinski definition) is 7. The van der Waals surface area contributed by atoms with Crippen molar-refractivity contribution < 1.29 is 37.4 Å². The molecule has 1 saturated carbocycles. The lowest BCUT2D eigenvalue weighted by Crippen LogP contribution is -2.50. The van der Waals surface area contributed by atoms with Crippen LogP contribution >= 0.6 is 0 Å². The quantitative estimate of drug-likeness (QED) is 0.187. The zero-order valence-electron chi connectivity index (χ0n) is 20.1. The van der Waals surface area contributed by atoms with E-state index in [1.54, 1.807) is 14.0 Å². The van der Waals surface area contributed by atoms with Crippen LogP contribution in [-0.4, -0.2) is 72.3 Å². The zero-order valence-corrected chi connectivity index (χ0v) is 20.1. The number of ether oxygens (including phenoxy) is 1. The number of benzene rings is 1. The highest BCUT2D eigenvalue weighted by Gasteiger charge is 2.52. The third-order valence-electron chi connectivity index (χ3n) is 6.36. The first-order valence-corrected chi connectivity index (χ1v) is 10.9. The summed E-state index contributed by atoms with van der Waals surface area (Å²) in [5, 5.41) is 12.5. The summed E-state index contributed by atoms with van der Waals surface area (Å²) in [5.41, 5.74) is -0.914. The van der Waals surface area contributed by atoms with Gasteiger partial charge in [0, 0.05) is 49.1 Å². The first-order valence-electron chi connectivity index (χ1n) is 10.9. The van der Waals surface area contributed by atoms with Crippen LogP contribution in [0.25, 0.3) is 0 Å². The number of aliphatic hydroxyl groups excluding tert-OH is 1. The molecule has 1 atom stereocenters. The van der Waals surface area contributed by atoms with Crippen molar-refractivity contribution in [2.75, 3.05) is 27.3 Å². The van der Waals surface area contributed by atoms with E-state index in [9.17, 15) is 32.7 Å². The summed E-state index contributed by atoms with van der Waals surface area (Å²) in [4.78, 5) is 39.1. The van der Waals surface area contributed by atoms with Crippen molar-refractivity contribution in [1.82, 2.24) is 15.1 Å². The van der Waals surface area contributed by atoms with Gasteiger partial charge in [-0.05, 0) is 39.8 Å². The highest BCUT2D eigenvalue weighted by molar-refractivity contribution is 5.93. The van der Waals surface area contributed by atoms with E-state index in [2.05, 4.69) is 10.2 Å². The maximum Gasteiger partial charge on any atom is 0.248 e. The fourth-order valence-corrected chi connectivity index (χ4v) is 3.94. The predicted octanol–water partition coefficient (Wildman–Crippen LogP) is 2.59. The fourth-order valence-electron chi connectivity index (χ4n) is 3.94. The Morgan fingerprint density at radius 1 is 1.23 bits per heavy atom. The van der Waals surface area contributed by atoms with Gasteiger partial charge in [-0.1, -0.05) is 6.07 Å². The van der Waals surface area contributed by atoms with Crippen LogP contribution in [-0.2, 0) is 25.7 Å². The number of likely N-dealkylation sites (N-methyl/N-ethyl adjacent to an activating group) is 1. The molecule has 192 valence electrons. The standard InChI is InChI=1S/C24H30F3N3O5/c1-15(23(34)28-11-17-5-6-18(25)22(27)21(17)26)12-30(19(13-31)20(33)14-32)16(2)24(7-8-24)29(3)9-10-35-4/h5-6,12-14,16,33H,7-11H2,1-4H3,(H,28,34)/b15-12+,20-19+/t16-/m0/s1. The van der Waals surface area contributed by atoms with E-state index in [1.165, 1.54) is 18.0 Å². The normalized spacial score (nSPS) is 16.4. The molecule has 0 bridgehead atoms. The lowest BCUT2D eigenvalue weighted by molar-refractivity contribution is -0.117. The molecule has 2 rings (SSSR count). The molecule has 11 heteroatoms. The molecule has 1 aliphatic rings. The summed E-state index contributed by atoms with van der Waals surface area (Å²) >= 11 is 0. The number of carbonyl (C=O) groups excluding carboxylic acids is 3. The van der Waals surface area contributed by atoms with Crippen LogP contribution in [0.3, 0.4) is 0 Å². The molecule has 1 aromatic rings. The Morgan fingerprint density at radius 3 is 2.43 bits per heavy atom. The fraction of sp³-hybridized carbons (Fsp3) is 0.458. The Labute approximate surface area is 202 Å². The van der Waals surface area contributed by atoms with Crippen LogP contribution in [0.5, 0.6) is 0 Å². The third-order valence-corrected chi connectivity index (χ3v) is 6.36. The summed E-state index contributed by atoms with van der Waals surface area (Å²) in [6.07, 6.45) is 3.31. The number of nitrogens with zero attached hydrogens (tertiary/aromatic N) is 2. The molecule has 0 radical (unpaired) electrons. The number of aliphatic hydroxyl groups is 1. The van der Waals surface area contributed by atoms with Gasteiger partial charge >= 0.3 is 0 Å². The zero-order chi connectivity index (χ0) is 26.3. The molecular weight excluding hydrogens is 467 g/mol. The Balaban J connectivity index is 2.32. The Morgan fingerprint density at radius 2 is 1.89 bits per heavy atom. The highest BCUT2D eigenvalue weighted by atomic mass is 19.2. The van der Waals surface area contributed by atoms with Gasteiger partial charge in [-0.3, -0.25) is 19.3 Å². The van der Waals surface area contributed by atoms with Crippen molar-refractivity contribution in [1.29, 1.82) is 0 Å². The van der Waals surface area contributed by atoms with E-state index < -0.39 is 47.2 Å². The van der Waals surface area contributed by atoms with Gasteiger partial charge in [0.2, 0.25) is 5.91 Å². The van der Waals surface area contributed by atoms with Gasteiger partial charge in [0.25, 0.3) is 0 Å². The Bertz CT molecular complexity index is 1020. The van der Waals surface area contributed by atoms with Crippen molar-refractivity contribution in [2.24, 2.45) is 0 Å². The van der Waals surface area contributed by atoms with Gasteiger partial charge in [0.05, 0.1) is 6.61 Å². The number of amides is 1. The van der Waals surface area contributed by atoms with E-state index in [0.717, 1.165) is 25.0 Å². The summed E-state index contributed by atoms with van der Waals surface area (Å²) in [5.74, 6) is -5.86. The molecule has 1 aromatic carbocycles. The van der Waals surface area contributed by atoms with E-state index >= 15 is 0 Å². The van der Waals surface area contributed by atoms with E-state index in [-0.39, 0.29) is 23.1 Å². The molecule has 1 aliphatic carbocycles. The van der Waals surface area contributed by atoms with Gasteiger partial charge in [0.1, 0.15) is 5.70 Å². The summed E-state index contributed by atoms with van der Waals surface area (Å²) in [7, 11) is 3.47. The lowest BCUT2D eigenvalue weighted by atomic mass is 10.0. The Hall–Kier alpha value is -3.18. The second-order valence-electron chi connectivity index (χ2n) is 8.44. The summed E-state index contributed by atoms with van der Waals surface area (Å²) in [6, 6.07) is 1.33. The van der Waals surface area contributed by atoms with Crippen molar-refractivity contribution in [3.8, 4) is 0 Å². The van der Waals surface area contributed by atoms with Gasteiger partial charge in [0.15, 0.2) is 35.8 Å². The molecule has 0 unspecified atom stereocenters. The number of carbonyl (C=O) groups is 3. The van der Waals surface area contributed by atoms with E-state index in [0.29, 0.717) is 19.4 Å². The monoisotopic (exact) mass is 497 g/mol. The molecule has 0 aliphatic heterocycles. The average Bonchev–Trinajstić information content (AvgIpc) is 3.66. The molecule has 35 heavy (non-hydrogen) atoms. The number of nitrogens with one attached hydrogen (secondary N) is 1. The number of aldehydes is 2. The smallest absolute Gasteiger partial charge is 0.248 e. The second-order valence-corrected chi connectivity index (χ2v) is 8.44. The number of methoxy groups -OCH3 is 1. The maximum atomic E-state index is 13.9. The van der Waals surface area contributed by atoms with Crippen LogP contribution in [0.1, 0.15) is 32.3 Å². The van der Waals surface area contributed by atoms with Crippen LogP contribution < -0.4 is 5.32 Å². The third kappa shape index (κ3) is 6.29. The highest BCUT2D eigenvalue weighted by Crippen LogP contribution is 2.46. The lowest BCUT2D eigenvalue weighted by Gasteiger charge is -2.39. The molecule has 0 spiro atoms. The minimum absolute atomic E-state index is 0.0632. The van der Waals surface area contributed by atoms with E-state index in [1.807, 2.05) is 7.05 Å². The molecule has 1 amide bonds. The number of halogens is 3. The number of allylic oxidation sites excluding steroid dienone is 2. The maximum absolute atomic E-state index is 13.9. The number of hydrogen-bond donors (Lipinski definition) is 2. The van der Waals surface area contributed by atoms with Crippen molar-refractivity contribution in [2.45, 2.75) is 44.8 Å². The first-order chi connectivity index (χ1) is 16.5. The summed E-state index contributed by atoms with van der Waals surface area (Å²) < 4.78 is 45.6. The van der Waals surface area contributed by atoms with Crippen molar-refractivity contribution in [3.63, 3.8) is 0 Å². The van der Waals surface area contributed by atoms with Gasteiger partial charge in [-0.25, -0.2) is 13.2 Å². The molecule has 8 nitrogen and oxygen atoms in total. The molecule has 1 fully saturated rings. The summed E-state index contributed by atoms with van der Waals surface area (Å²) in [6.45, 7) is 3.87. The molecule has 2 N–H and O–H groups in total. The predicted molar refractivity (Wildman–Crippen MR) is 121 cm³/mol. The molecule has 0 aromatic heterocycles. The van der Waals surface area contributed by atoms with Crippen LogP contribution in [0, 0.1) is 17.5 Å². The second kappa shape index (κ2) is 12.0. The SMILES string of the molecule is COCCN(C)C1([C@H](C)N(/C=C(\C)C(=O)NCc2ccc(F)c(F)c2F)/C(C=O)=C(/O)C=O)CC1. The Kier molecular flexibility index (Phi) is 9.61. The van der Waals surface area contributed by atoms with Crippen molar-refractivity contribution >= 4 is 18.5 Å².